The molecule has 0 saturated heterocycles. The van der Waals surface area contributed by atoms with Crippen molar-refractivity contribution in [1.29, 1.82) is 0 Å². The molecule has 1 N–H and O–H groups in total. The fourth-order valence-corrected chi connectivity index (χ4v) is 3.53. The molecule has 0 radical (unpaired) electrons. The molecule has 0 aliphatic heterocycles. The van der Waals surface area contributed by atoms with Gasteiger partial charge in [0.15, 0.2) is 5.16 Å². The van der Waals surface area contributed by atoms with Crippen LogP contribution in [0.15, 0.2) is 5.16 Å². The predicted molar refractivity (Wildman–Crippen MR) is 80.9 cm³/mol. The molecule has 0 aromatic carbocycles. The lowest BCUT2D eigenvalue weighted by atomic mass is 9.86. The molecule has 5 nitrogen and oxygen atoms in total. The van der Waals surface area contributed by atoms with Gasteiger partial charge in [-0.2, -0.15) is 13.2 Å². The predicted octanol–water partition coefficient (Wildman–Crippen LogP) is 3.01. The van der Waals surface area contributed by atoms with Gasteiger partial charge in [-0.05, 0) is 25.7 Å². The first-order valence-electron chi connectivity index (χ1n) is 7.63. The molecule has 0 bridgehead atoms. The Morgan fingerprint density at radius 2 is 2.00 bits per heavy atom. The molecule has 3 atom stereocenters. The largest absolute Gasteiger partial charge is 0.451 e. The van der Waals surface area contributed by atoms with E-state index in [-0.39, 0.29) is 17.1 Å². The third-order valence-electron chi connectivity index (χ3n) is 4.18. The third-order valence-corrected chi connectivity index (χ3v) is 5.31. The Balaban J connectivity index is 1.97. The fraction of sp³-hybridized carbons (Fsp3) is 0.786. The molecule has 0 unspecified atom stereocenters. The minimum atomic E-state index is -4.55. The molecule has 0 spiro atoms. The molecule has 1 fully saturated rings. The van der Waals surface area contributed by atoms with Crippen molar-refractivity contribution >= 4 is 17.7 Å². The quantitative estimate of drug-likeness (QED) is 0.848. The first-order valence-corrected chi connectivity index (χ1v) is 8.51. The molecule has 23 heavy (non-hydrogen) atoms. The molecule has 130 valence electrons. The number of amides is 1. The normalized spacial score (nSPS) is 23.6. The molecule has 1 aliphatic carbocycles. The number of carbonyl (C=O) groups is 1. The maximum atomic E-state index is 12.7. The van der Waals surface area contributed by atoms with Gasteiger partial charge in [-0.15, -0.1) is 10.2 Å². The highest BCUT2D eigenvalue weighted by Crippen LogP contribution is 2.31. The van der Waals surface area contributed by atoms with Crippen LogP contribution in [0.25, 0.3) is 0 Å². The number of hydrogen-bond acceptors (Lipinski definition) is 4. The highest BCUT2D eigenvalue weighted by Gasteiger charge is 2.38. The zero-order valence-corrected chi connectivity index (χ0v) is 14.2. The maximum Gasteiger partial charge on any atom is 0.451 e. The number of carbonyl (C=O) groups excluding carboxylic acids is 1. The average molecular weight is 350 g/mol. The summed E-state index contributed by atoms with van der Waals surface area (Å²) in [5.74, 6) is -0.810. The van der Waals surface area contributed by atoms with Gasteiger partial charge in [0.05, 0.1) is 5.25 Å². The van der Waals surface area contributed by atoms with E-state index in [1.165, 1.54) is 13.5 Å². The molecule has 1 aromatic heterocycles. The number of nitrogens with zero attached hydrogens (tertiary/aromatic N) is 3. The second-order valence-corrected chi connectivity index (χ2v) is 7.31. The maximum absolute atomic E-state index is 12.7. The van der Waals surface area contributed by atoms with Gasteiger partial charge in [0.25, 0.3) is 0 Å². The standard InChI is InChI=1S/C14H21F3N4OS/c1-8-6-4-5-7-10(8)18-11(22)9(2)23-13-20-19-12(21(13)3)14(15,16)17/h8-10H,4-7H2,1-3H3,(H,18,22)/t8-,9+,10-/m0/s1. The van der Waals surface area contributed by atoms with E-state index in [9.17, 15) is 18.0 Å². The van der Waals surface area contributed by atoms with E-state index >= 15 is 0 Å². The Labute approximate surface area is 137 Å². The van der Waals surface area contributed by atoms with Gasteiger partial charge in [0.1, 0.15) is 0 Å². The number of thioether (sulfide) groups is 1. The number of hydrogen-bond donors (Lipinski definition) is 1. The Morgan fingerprint density at radius 3 is 2.57 bits per heavy atom. The molecule has 9 heteroatoms. The smallest absolute Gasteiger partial charge is 0.352 e. The summed E-state index contributed by atoms with van der Waals surface area (Å²) in [6, 6.07) is 0.143. The van der Waals surface area contributed by atoms with E-state index in [2.05, 4.69) is 22.4 Å². The molecule has 1 saturated carbocycles. The van der Waals surface area contributed by atoms with Crippen molar-refractivity contribution < 1.29 is 18.0 Å². The lowest BCUT2D eigenvalue weighted by Crippen LogP contribution is -2.44. The minimum absolute atomic E-state index is 0.0802. The Kier molecular flexibility index (Phi) is 5.59. The van der Waals surface area contributed by atoms with Crippen LogP contribution < -0.4 is 5.32 Å². The van der Waals surface area contributed by atoms with E-state index in [4.69, 9.17) is 0 Å². The lowest BCUT2D eigenvalue weighted by molar-refractivity contribution is -0.147. The minimum Gasteiger partial charge on any atom is -0.352 e. The number of alkyl halides is 3. The molecule has 1 aromatic rings. The van der Waals surface area contributed by atoms with Crippen molar-refractivity contribution in [1.82, 2.24) is 20.1 Å². The third kappa shape index (κ3) is 4.39. The van der Waals surface area contributed by atoms with Crippen LogP contribution in [0.3, 0.4) is 0 Å². The zero-order valence-electron chi connectivity index (χ0n) is 13.4. The summed E-state index contributed by atoms with van der Waals surface area (Å²) in [5.41, 5.74) is 0. The number of aromatic nitrogens is 3. The molecule has 1 amide bonds. The second kappa shape index (κ2) is 7.11. The Bertz CT molecular complexity index is 561. The van der Waals surface area contributed by atoms with Crippen LogP contribution in [0.5, 0.6) is 0 Å². The van der Waals surface area contributed by atoms with Crippen LogP contribution >= 0.6 is 11.8 Å². The second-order valence-electron chi connectivity index (χ2n) is 6.00. The van der Waals surface area contributed by atoms with Crippen LogP contribution in [0.1, 0.15) is 45.4 Å². The van der Waals surface area contributed by atoms with Gasteiger partial charge in [0.2, 0.25) is 11.7 Å². The molecular formula is C14H21F3N4OS. The van der Waals surface area contributed by atoms with Crippen molar-refractivity contribution in [2.45, 2.75) is 62.2 Å². The fourth-order valence-electron chi connectivity index (χ4n) is 2.71. The van der Waals surface area contributed by atoms with Crippen LogP contribution in [-0.4, -0.2) is 32.0 Å². The highest BCUT2D eigenvalue weighted by atomic mass is 32.2. The van der Waals surface area contributed by atoms with Crippen LogP contribution in [0.4, 0.5) is 13.2 Å². The summed E-state index contributed by atoms with van der Waals surface area (Å²) in [7, 11) is 1.25. The van der Waals surface area contributed by atoms with Gasteiger partial charge in [-0.1, -0.05) is 31.5 Å². The van der Waals surface area contributed by atoms with E-state index in [1.54, 1.807) is 6.92 Å². The Hall–Kier alpha value is -1.25. The summed E-state index contributed by atoms with van der Waals surface area (Å²) < 4.78 is 39.0. The van der Waals surface area contributed by atoms with Crippen molar-refractivity contribution in [2.75, 3.05) is 0 Å². The van der Waals surface area contributed by atoms with Gasteiger partial charge >= 0.3 is 6.18 Å². The Morgan fingerprint density at radius 1 is 1.35 bits per heavy atom. The molecule has 1 heterocycles. The monoisotopic (exact) mass is 350 g/mol. The van der Waals surface area contributed by atoms with E-state index in [0.29, 0.717) is 5.92 Å². The number of nitrogens with one attached hydrogen (secondary N) is 1. The van der Waals surface area contributed by atoms with Gasteiger partial charge < -0.3 is 9.88 Å². The van der Waals surface area contributed by atoms with Crippen molar-refractivity contribution in [3.05, 3.63) is 5.82 Å². The summed E-state index contributed by atoms with van der Waals surface area (Å²) >= 11 is 0.982. The SMILES string of the molecule is C[C@@H](Sc1nnc(C(F)(F)F)n1C)C(=O)N[C@H]1CCCC[C@@H]1C. The zero-order chi connectivity index (χ0) is 17.2. The van der Waals surface area contributed by atoms with Crippen LogP contribution in [0.2, 0.25) is 0 Å². The van der Waals surface area contributed by atoms with E-state index in [0.717, 1.165) is 35.6 Å². The number of rotatable bonds is 4. The molecule has 1 aliphatic rings. The summed E-state index contributed by atoms with van der Waals surface area (Å²) in [4.78, 5) is 12.3. The van der Waals surface area contributed by atoms with Crippen LogP contribution in [-0.2, 0) is 18.0 Å². The summed E-state index contributed by atoms with van der Waals surface area (Å²) in [6.45, 7) is 3.77. The summed E-state index contributed by atoms with van der Waals surface area (Å²) in [5, 5.41) is 9.26. The van der Waals surface area contributed by atoms with Crippen molar-refractivity contribution in [3.63, 3.8) is 0 Å². The first-order chi connectivity index (χ1) is 10.7. The van der Waals surface area contributed by atoms with Crippen LogP contribution in [0, 0.1) is 5.92 Å². The summed E-state index contributed by atoms with van der Waals surface area (Å²) in [6.07, 6.45) is -0.243. The van der Waals surface area contributed by atoms with Gasteiger partial charge in [-0.3, -0.25) is 4.79 Å². The van der Waals surface area contributed by atoms with Gasteiger partial charge in [0, 0.05) is 13.1 Å². The highest BCUT2D eigenvalue weighted by molar-refractivity contribution is 8.00. The first kappa shape index (κ1) is 18.1. The van der Waals surface area contributed by atoms with Crippen molar-refractivity contribution in [3.8, 4) is 0 Å². The van der Waals surface area contributed by atoms with Crippen molar-refractivity contribution in [2.24, 2.45) is 13.0 Å². The topological polar surface area (TPSA) is 59.8 Å². The molecular weight excluding hydrogens is 329 g/mol. The number of halogens is 3. The van der Waals surface area contributed by atoms with E-state index < -0.39 is 17.3 Å². The molecule has 2 rings (SSSR count). The van der Waals surface area contributed by atoms with E-state index in [1.807, 2.05) is 0 Å². The van der Waals surface area contributed by atoms with Gasteiger partial charge in [-0.25, -0.2) is 0 Å². The lowest BCUT2D eigenvalue weighted by Gasteiger charge is -2.30. The average Bonchev–Trinajstić information content (AvgIpc) is 2.82.